The summed E-state index contributed by atoms with van der Waals surface area (Å²) in [6, 6.07) is 0.247. The van der Waals surface area contributed by atoms with E-state index in [1.807, 2.05) is 0 Å². The van der Waals surface area contributed by atoms with Crippen molar-refractivity contribution in [1.82, 2.24) is 15.0 Å². The first kappa shape index (κ1) is 10.1. The fourth-order valence-corrected chi connectivity index (χ4v) is 3.47. The molecule has 0 unspecified atom stereocenters. The average Bonchev–Trinajstić information content (AvgIpc) is 2.80. The summed E-state index contributed by atoms with van der Waals surface area (Å²) in [5.41, 5.74) is 0. The smallest absolute Gasteiger partial charge is 0.296 e. The lowest BCUT2D eigenvalue weighted by Gasteiger charge is -2.27. The van der Waals surface area contributed by atoms with Crippen molar-refractivity contribution in [1.29, 1.82) is 0 Å². The van der Waals surface area contributed by atoms with Gasteiger partial charge in [-0.05, 0) is 31.7 Å². The van der Waals surface area contributed by atoms with Crippen LogP contribution in [0.25, 0.3) is 0 Å². The van der Waals surface area contributed by atoms with Crippen LogP contribution < -0.4 is 5.76 Å². The number of fused-ring (bicyclic) bond motifs is 1. The van der Waals surface area contributed by atoms with E-state index in [-0.39, 0.29) is 6.04 Å². The van der Waals surface area contributed by atoms with Gasteiger partial charge in [0.25, 0.3) is 0 Å². The molecular formula is C11H17N3O2. The van der Waals surface area contributed by atoms with Gasteiger partial charge in [0.05, 0.1) is 6.04 Å². The van der Waals surface area contributed by atoms with Gasteiger partial charge in [-0.2, -0.15) is 0 Å². The van der Waals surface area contributed by atoms with E-state index in [9.17, 15) is 4.79 Å². The molecule has 1 aromatic heterocycles. The van der Waals surface area contributed by atoms with Gasteiger partial charge in [-0.3, -0.25) is 14.4 Å². The second-order valence-electron chi connectivity index (χ2n) is 5.07. The zero-order chi connectivity index (χ0) is 11.1. The van der Waals surface area contributed by atoms with Crippen LogP contribution in [0, 0.1) is 11.8 Å². The third kappa shape index (κ3) is 1.50. The summed E-state index contributed by atoms with van der Waals surface area (Å²) in [7, 11) is 2.11. The van der Waals surface area contributed by atoms with E-state index in [4.69, 9.17) is 0 Å². The Labute approximate surface area is 93.8 Å². The molecule has 0 spiro atoms. The predicted molar refractivity (Wildman–Crippen MR) is 57.9 cm³/mol. The van der Waals surface area contributed by atoms with Gasteiger partial charge in [0.2, 0.25) is 0 Å². The third-order valence-electron chi connectivity index (χ3n) is 4.11. The molecule has 5 heteroatoms. The molecule has 1 aromatic rings. The van der Waals surface area contributed by atoms with E-state index in [2.05, 4.69) is 26.6 Å². The van der Waals surface area contributed by atoms with Gasteiger partial charge in [0.1, 0.15) is 0 Å². The minimum atomic E-state index is -0.442. The van der Waals surface area contributed by atoms with Crippen molar-refractivity contribution in [3.05, 3.63) is 16.4 Å². The van der Waals surface area contributed by atoms with Crippen LogP contribution in [0.15, 0.2) is 9.32 Å². The minimum absolute atomic E-state index is 0.247. The summed E-state index contributed by atoms with van der Waals surface area (Å²) in [5.74, 6) is 1.67. The number of H-pyrrole nitrogens is 1. The standard InChI is InChI=1S/C11H17N3O2/c1-14-6-7-4-2-3-5-8(7)9(14)10-12-11(15)16-13-10/h7-9H,2-6H2,1H3,(H,12,13,15)/t7-,8-,9+/m0/s1. The van der Waals surface area contributed by atoms with Gasteiger partial charge >= 0.3 is 5.76 Å². The third-order valence-corrected chi connectivity index (χ3v) is 4.11. The van der Waals surface area contributed by atoms with Gasteiger partial charge in [0.15, 0.2) is 5.82 Å². The van der Waals surface area contributed by atoms with Crippen LogP contribution in [-0.2, 0) is 0 Å². The Kier molecular flexibility index (Phi) is 2.35. The summed E-state index contributed by atoms with van der Waals surface area (Å²) < 4.78 is 4.62. The molecular weight excluding hydrogens is 206 g/mol. The monoisotopic (exact) mass is 223 g/mol. The zero-order valence-corrected chi connectivity index (χ0v) is 9.48. The predicted octanol–water partition coefficient (Wildman–Crippen LogP) is 1.16. The van der Waals surface area contributed by atoms with E-state index in [1.165, 1.54) is 25.7 Å². The first-order valence-corrected chi connectivity index (χ1v) is 6.02. The Balaban J connectivity index is 1.91. The van der Waals surface area contributed by atoms with Gasteiger partial charge in [0, 0.05) is 6.54 Å². The van der Waals surface area contributed by atoms with Gasteiger partial charge < -0.3 is 0 Å². The minimum Gasteiger partial charge on any atom is -0.296 e. The van der Waals surface area contributed by atoms with Gasteiger partial charge in [-0.15, -0.1) is 0 Å². The summed E-state index contributed by atoms with van der Waals surface area (Å²) in [5, 5.41) is 3.85. The van der Waals surface area contributed by atoms with Crippen molar-refractivity contribution in [2.45, 2.75) is 31.7 Å². The first-order chi connectivity index (χ1) is 7.75. The molecule has 2 heterocycles. The lowest BCUT2D eigenvalue weighted by Crippen LogP contribution is -2.23. The van der Waals surface area contributed by atoms with Crippen molar-refractivity contribution in [3.8, 4) is 0 Å². The molecule has 1 saturated carbocycles. The topological polar surface area (TPSA) is 62.1 Å². The van der Waals surface area contributed by atoms with Crippen LogP contribution in [-0.4, -0.2) is 28.6 Å². The van der Waals surface area contributed by atoms with E-state index in [1.54, 1.807) is 0 Å². The number of aromatic amines is 1. The van der Waals surface area contributed by atoms with Crippen molar-refractivity contribution < 1.29 is 4.52 Å². The molecule has 0 radical (unpaired) electrons. The second kappa shape index (κ2) is 3.73. The lowest BCUT2D eigenvalue weighted by atomic mass is 9.78. The van der Waals surface area contributed by atoms with Crippen molar-refractivity contribution in [3.63, 3.8) is 0 Å². The number of hydrogen-bond acceptors (Lipinski definition) is 4. The number of nitrogens with one attached hydrogen (secondary N) is 1. The van der Waals surface area contributed by atoms with Crippen LogP contribution >= 0.6 is 0 Å². The molecule has 1 aliphatic heterocycles. The number of aromatic nitrogens is 2. The van der Waals surface area contributed by atoms with Crippen LogP contribution in [0.2, 0.25) is 0 Å². The Morgan fingerprint density at radius 2 is 2.25 bits per heavy atom. The highest BCUT2D eigenvalue weighted by molar-refractivity contribution is 5.02. The van der Waals surface area contributed by atoms with Crippen LogP contribution in [0.4, 0.5) is 0 Å². The summed E-state index contributed by atoms with van der Waals surface area (Å²) in [6.45, 7) is 1.12. The first-order valence-electron chi connectivity index (χ1n) is 6.02. The number of rotatable bonds is 1. The van der Waals surface area contributed by atoms with Crippen LogP contribution in [0.5, 0.6) is 0 Å². The van der Waals surface area contributed by atoms with Gasteiger partial charge in [-0.25, -0.2) is 4.79 Å². The maximum atomic E-state index is 11.0. The van der Waals surface area contributed by atoms with Crippen molar-refractivity contribution in [2.75, 3.05) is 13.6 Å². The number of likely N-dealkylation sites (tertiary alicyclic amines) is 1. The molecule has 0 amide bonds. The van der Waals surface area contributed by atoms with Crippen LogP contribution in [0.1, 0.15) is 37.5 Å². The fraction of sp³-hybridized carbons (Fsp3) is 0.818. The highest BCUT2D eigenvalue weighted by atomic mass is 16.5. The molecule has 2 fully saturated rings. The molecule has 5 nitrogen and oxygen atoms in total. The van der Waals surface area contributed by atoms with E-state index in [0.29, 0.717) is 11.7 Å². The average molecular weight is 223 g/mol. The van der Waals surface area contributed by atoms with Crippen molar-refractivity contribution in [2.24, 2.45) is 11.8 Å². The molecule has 0 aromatic carbocycles. The summed E-state index contributed by atoms with van der Waals surface area (Å²) in [4.78, 5) is 16.0. The normalized spacial score (nSPS) is 35.2. The highest BCUT2D eigenvalue weighted by Crippen LogP contribution is 2.45. The number of nitrogens with zero attached hydrogens (tertiary/aromatic N) is 2. The zero-order valence-electron chi connectivity index (χ0n) is 9.48. The summed E-state index contributed by atoms with van der Waals surface area (Å²) in [6.07, 6.45) is 5.20. The SMILES string of the molecule is CN1C[C@@H]2CCCC[C@@H]2[C@@H]1c1noc(=O)[nH]1. The second-order valence-corrected chi connectivity index (χ2v) is 5.07. The molecule has 16 heavy (non-hydrogen) atoms. The molecule has 0 bridgehead atoms. The van der Waals surface area contributed by atoms with E-state index in [0.717, 1.165) is 12.5 Å². The maximum absolute atomic E-state index is 11.0. The number of hydrogen-bond donors (Lipinski definition) is 1. The van der Waals surface area contributed by atoms with E-state index >= 15 is 0 Å². The largest absolute Gasteiger partial charge is 0.438 e. The maximum Gasteiger partial charge on any atom is 0.438 e. The molecule has 3 atom stereocenters. The molecule has 2 aliphatic rings. The molecule has 88 valence electrons. The molecule has 3 rings (SSSR count). The highest BCUT2D eigenvalue weighted by Gasteiger charge is 2.43. The summed E-state index contributed by atoms with van der Waals surface area (Å²) >= 11 is 0. The quantitative estimate of drug-likeness (QED) is 0.776. The Hall–Kier alpha value is -1.10. The Morgan fingerprint density at radius 1 is 1.44 bits per heavy atom. The van der Waals surface area contributed by atoms with E-state index < -0.39 is 5.76 Å². The fourth-order valence-electron chi connectivity index (χ4n) is 3.47. The Bertz CT molecular complexity index is 425. The molecule has 1 N–H and O–H groups in total. The lowest BCUT2D eigenvalue weighted by molar-refractivity contribution is 0.224. The molecule has 1 aliphatic carbocycles. The van der Waals surface area contributed by atoms with Crippen LogP contribution in [0.3, 0.4) is 0 Å². The Morgan fingerprint density at radius 3 is 3.00 bits per heavy atom. The molecule has 1 saturated heterocycles. The van der Waals surface area contributed by atoms with Crippen molar-refractivity contribution >= 4 is 0 Å². The van der Waals surface area contributed by atoms with Gasteiger partial charge in [-0.1, -0.05) is 18.0 Å².